The van der Waals surface area contributed by atoms with E-state index in [1.54, 1.807) is 0 Å². The summed E-state index contributed by atoms with van der Waals surface area (Å²) in [6, 6.07) is 1.20. The number of piperidine rings is 1. The Bertz CT molecular complexity index is 927. The molecule has 0 radical (unpaired) electrons. The number of hydrogen-bond donors (Lipinski definition) is 4. The molecule has 3 heterocycles. The molecular formula is C26H44N8O. The van der Waals surface area contributed by atoms with Crippen LogP contribution in [0.3, 0.4) is 0 Å². The Morgan fingerprint density at radius 3 is 2.46 bits per heavy atom. The van der Waals surface area contributed by atoms with E-state index >= 15 is 0 Å². The second-order valence-electron chi connectivity index (χ2n) is 11.0. The highest BCUT2D eigenvalue weighted by molar-refractivity contribution is 5.84. The molecule has 3 fully saturated rings. The lowest BCUT2D eigenvalue weighted by molar-refractivity contribution is 0.205. The summed E-state index contributed by atoms with van der Waals surface area (Å²) >= 11 is 0. The van der Waals surface area contributed by atoms with E-state index in [-0.39, 0.29) is 0 Å². The molecule has 2 aromatic heterocycles. The Balaban J connectivity index is 1.29. The van der Waals surface area contributed by atoms with Crippen molar-refractivity contribution in [3.8, 4) is 0 Å². The SMILES string of the molecule is N[C@H]1CC[C@H](Nc2nc(NN3CCC(CCCCCO)CC3)c3ncn(C4CCCC4)c3n2)CC1. The minimum absolute atomic E-state index is 0.317. The fourth-order valence-corrected chi connectivity index (χ4v) is 6.16. The Kier molecular flexibility index (Phi) is 8.36. The number of aliphatic hydroxyl groups excluding tert-OH is 1. The number of rotatable bonds is 10. The Labute approximate surface area is 209 Å². The summed E-state index contributed by atoms with van der Waals surface area (Å²) in [6.07, 6.45) is 18.2. The first-order valence-corrected chi connectivity index (χ1v) is 14.1. The van der Waals surface area contributed by atoms with Crippen molar-refractivity contribution in [2.45, 2.75) is 108 Å². The monoisotopic (exact) mass is 484 g/mol. The quantitative estimate of drug-likeness (QED) is 0.371. The van der Waals surface area contributed by atoms with Crippen LogP contribution < -0.4 is 16.5 Å². The summed E-state index contributed by atoms with van der Waals surface area (Å²) in [5.41, 5.74) is 11.6. The van der Waals surface area contributed by atoms with Crippen molar-refractivity contribution in [1.82, 2.24) is 24.5 Å². The molecule has 2 aromatic rings. The normalized spacial score (nSPS) is 24.9. The number of nitrogens with two attached hydrogens (primary N) is 1. The van der Waals surface area contributed by atoms with Crippen LogP contribution in [0.1, 0.15) is 95.9 Å². The molecule has 0 unspecified atom stereocenters. The molecule has 194 valence electrons. The number of nitrogens with zero attached hydrogens (tertiary/aromatic N) is 5. The second kappa shape index (κ2) is 11.8. The van der Waals surface area contributed by atoms with Gasteiger partial charge in [-0.25, -0.2) is 9.99 Å². The second-order valence-corrected chi connectivity index (χ2v) is 11.0. The molecule has 0 atom stereocenters. The van der Waals surface area contributed by atoms with Crippen LogP contribution in [-0.4, -0.2) is 61.4 Å². The highest BCUT2D eigenvalue weighted by atomic mass is 16.2. The number of hydrogen-bond acceptors (Lipinski definition) is 8. The van der Waals surface area contributed by atoms with Crippen molar-refractivity contribution in [3.05, 3.63) is 6.33 Å². The van der Waals surface area contributed by atoms with E-state index in [0.717, 1.165) is 74.5 Å². The van der Waals surface area contributed by atoms with Crippen molar-refractivity contribution < 1.29 is 5.11 Å². The standard InChI is InChI=1S/C26H44N8O/c27-20-9-11-21(12-10-20)29-26-30-24(23-25(31-26)34(18-28-23)22-7-3-4-8-22)32-33-15-13-19(14-16-33)6-2-1-5-17-35/h18-22,35H,1-17,27H2,(H2,29,30,31,32)/t20-,21-. The molecule has 9 heteroatoms. The van der Waals surface area contributed by atoms with Gasteiger partial charge in [-0.2, -0.15) is 9.97 Å². The van der Waals surface area contributed by atoms with Gasteiger partial charge in [0.25, 0.3) is 0 Å². The van der Waals surface area contributed by atoms with Gasteiger partial charge in [-0.05, 0) is 63.7 Å². The van der Waals surface area contributed by atoms with Crippen LogP contribution in [0.25, 0.3) is 11.2 Å². The van der Waals surface area contributed by atoms with Crippen molar-refractivity contribution in [2.75, 3.05) is 30.4 Å². The largest absolute Gasteiger partial charge is 0.396 e. The van der Waals surface area contributed by atoms with Gasteiger partial charge in [0.15, 0.2) is 17.0 Å². The first kappa shape index (κ1) is 24.7. The third-order valence-corrected chi connectivity index (χ3v) is 8.39. The zero-order valence-electron chi connectivity index (χ0n) is 21.2. The lowest BCUT2D eigenvalue weighted by Crippen LogP contribution is -2.38. The Hall–Kier alpha value is -1.97. The average Bonchev–Trinajstić information content (AvgIpc) is 3.54. The van der Waals surface area contributed by atoms with Crippen LogP contribution >= 0.6 is 0 Å². The molecule has 5 N–H and O–H groups in total. The van der Waals surface area contributed by atoms with Crippen LogP contribution in [0.15, 0.2) is 6.33 Å². The maximum Gasteiger partial charge on any atom is 0.227 e. The fourth-order valence-electron chi connectivity index (χ4n) is 6.16. The number of anilines is 2. The van der Waals surface area contributed by atoms with Crippen molar-refractivity contribution >= 4 is 22.9 Å². The van der Waals surface area contributed by atoms with Gasteiger partial charge < -0.3 is 26.1 Å². The topological polar surface area (TPSA) is 117 Å². The van der Waals surface area contributed by atoms with Gasteiger partial charge in [0.05, 0.1) is 6.33 Å². The van der Waals surface area contributed by atoms with E-state index in [0.29, 0.717) is 30.7 Å². The summed E-state index contributed by atoms with van der Waals surface area (Å²) in [5.74, 6) is 2.32. The molecule has 3 aliphatic rings. The van der Waals surface area contributed by atoms with Crippen LogP contribution in [-0.2, 0) is 0 Å². The lowest BCUT2D eigenvalue weighted by atomic mass is 9.92. The highest BCUT2D eigenvalue weighted by Gasteiger charge is 2.25. The zero-order valence-corrected chi connectivity index (χ0v) is 21.2. The average molecular weight is 485 g/mol. The number of imidazole rings is 1. The molecule has 9 nitrogen and oxygen atoms in total. The van der Waals surface area contributed by atoms with Crippen LogP contribution in [0, 0.1) is 5.92 Å². The summed E-state index contributed by atoms with van der Waals surface area (Å²) in [5, 5.41) is 14.9. The predicted molar refractivity (Wildman–Crippen MR) is 140 cm³/mol. The molecule has 0 aromatic carbocycles. The number of aliphatic hydroxyl groups is 1. The van der Waals surface area contributed by atoms with E-state index < -0.39 is 0 Å². The maximum absolute atomic E-state index is 9.00. The minimum Gasteiger partial charge on any atom is -0.396 e. The van der Waals surface area contributed by atoms with E-state index in [1.165, 1.54) is 51.4 Å². The number of aromatic nitrogens is 4. The third-order valence-electron chi connectivity index (χ3n) is 8.39. The smallest absolute Gasteiger partial charge is 0.227 e. The fraction of sp³-hybridized carbons (Fsp3) is 0.808. The van der Waals surface area contributed by atoms with Gasteiger partial charge in [0.2, 0.25) is 5.95 Å². The first-order chi connectivity index (χ1) is 17.2. The molecule has 1 saturated heterocycles. The molecule has 2 aliphatic carbocycles. The van der Waals surface area contributed by atoms with Gasteiger partial charge in [0, 0.05) is 37.8 Å². The molecule has 35 heavy (non-hydrogen) atoms. The van der Waals surface area contributed by atoms with Crippen LogP contribution in [0.5, 0.6) is 0 Å². The summed E-state index contributed by atoms with van der Waals surface area (Å²) in [6.45, 7) is 2.35. The number of nitrogens with one attached hydrogen (secondary N) is 2. The van der Waals surface area contributed by atoms with Gasteiger partial charge in [-0.3, -0.25) is 0 Å². The van der Waals surface area contributed by atoms with E-state index in [1.807, 2.05) is 6.33 Å². The Morgan fingerprint density at radius 1 is 0.943 bits per heavy atom. The van der Waals surface area contributed by atoms with Gasteiger partial charge in [0.1, 0.15) is 0 Å². The van der Waals surface area contributed by atoms with Crippen LogP contribution in [0.4, 0.5) is 11.8 Å². The van der Waals surface area contributed by atoms with E-state index in [2.05, 4.69) is 20.3 Å². The molecule has 2 saturated carbocycles. The zero-order chi connectivity index (χ0) is 24.0. The van der Waals surface area contributed by atoms with Gasteiger partial charge in [-0.1, -0.05) is 32.1 Å². The number of hydrazine groups is 1. The summed E-state index contributed by atoms with van der Waals surface area (Å²) < 4.78 is 2.29. The molecule has 0 spiro atoms. The number of fused-ring (bicyclic) bond motifs is 1. The molecule has 1 aliphatic heterocycles. The Morgan fingerprint density at radius 2 is 1.71 bits per heavy atom. The van der Waals surface area contributed by atoms with E-state index in [4.69, 9.17) is 25.8 Å². The lowest BCUT2D eigenvalue weighted by Gasteiger charge is -2.32. The third kappa shape index (κ3) is 6.24. The van der Waals surface area contributed by atoms with Gasteiger partial charge >= 0.3 is 0 Å². The molecular weight excluding hydrogens is 440 g/mol. The number of unbranched alkanes of at least 4 members (excludes halogenated alkanes) is 2. The molecule has 0 bridgehead atoms. The summed E-state index contributed by atoms with van der Waals surface area (Å²) in [4.78, 5) is 14.7. The molecule has 0 amide bonds. The van der Waals surface area contributed by atoms with Crippen molar-refractivity contribution in [1.29, 1.82) is 0 Å². The minimum atomic E-state index is 0.317. The van der Waals surface area contributed by atoms with Crippen molar-refractivity contribution in [3.63, 3.8) is 0 Å². The van der Waals surface area contributed by atoms with E-state index in [9.17, 15) is 0 Å². The van der Waals surface area contributed by atoms with Crippen LogP contribution in [0.2, 0.25) is 0 Å². The molecule has 5 rings (SSSR count). The maximum atomic E-state index is 9.00. The van der Waals surface area contributed by atoms with Gasteiger partial charge in [-0.15, -0.1) is 0 Å². The van der Waals surface area contributed by atoms with Crippen molar-refractivity contribution in [2.24, 2.45) is 11.7 Å². The first-order valence-electron chi connectivity index (χ1n) is 14.1. The predicted octanol–water partition coefficient (Wildman–Crippen LogP) is 4.21. The highest BCUT2D eigenvalue weighted by Crippen LogP contribution is 2.34. The summed E-state index contributed by atoms with van der Waals surface area (Å²) in [7, 11) is 0.